The van der Waals surface area contributed by atoms with Crippen molar-refractivity contribution >= 4 is 60.7 Å². The third-order valence-electron chi connectivity index (χ3n) is 11.5. The quantitative estimate of drug-likeness (QED) is 0.231. The van der Waals surface area contributed by atoms with Crippen molar-refractivity contribution in [1.82, 2.24) is 25.1 Å². The van der Waals surface area contributed by atoms with Gasteiger partial charge in [0.1, 0.15) is 47.0 Å². The Hall–Kier alpha value is -3.90. The molecule has 0 bridgehead atoms. The fourth-order valence-electron chi connectivity index (χ4n) is 8.76. The number of nitriles is 1. The summed E-state index contributed by atoms with van der Waals surface area (Å²) < 4.78 is 53.1. The van der Waals surface area contributed by atoms with Crippen molar-refractivity contribution in [3.63, 3.8) is 0 Å². The molecule has 2 aromatic carbocycles. The summed E-state index contributed by atoms with van der Waals surface area (Å²) in [6, 6.07) is 6.11. The zero-order valence-corrected chi connectivity index (χ0v) is 29.5. The molecule has 15 heteroatoms. The van der Waals surface area contributed by atoms with Crippen LogP contribution in [0.25, 0.3) is 32.1 Å². The third kappa shape index (κ3) is 5.38. The van der Waals surface area contributed by atoms with Crippen LogP contribution < -0.4 is 20.7 Å². The average Bonchev–Trinajstić information content (AvgIpc) is 4.00. The Bertz CT molecular complexity index is 2160. The zero-order chi connectivity index (χ0) is 35.3. The number of nitrogen functional groups attached to an aromatic ring is 1. The number of anilines is 2. The number of ether oxygens (including phenoxy) is 1. The fourth-order valence-corrected chi connectivity index (χ4v) is 10.00. The number of benzene rings is 2. The van der Waals surface area contributed by atoms with E-state index in [-0.39, 0.29) is 79.0 Å². The summed E-state index contributed by atoms with van der Waals surface area (Å²) in [5, 5.41) is 13.9. The van der Waals surface area contributed by atoms with E-state index in [1.165, 1.54) is 12.1 Å². The first-order chi connectivity index (χ1) is 24.6. The number of piperazine rings is 1. The fraction of sp³-hybridized carbons (Fsp3) is 0.500. The summed E-state index contributed by atoms with van der Waals surface area (Å²) >= 11 is 7.81. The van der Waals surface area contributed by atoms with E-state index in [0.29, 0.717) is 49.7 Å². The van der Waals surface area contributed by atoms with Crippen molar-refractivity contribution in [3.05, 3.63) is 40.4 Å². The van der Waals surface area contributed by atoms with Gasteiger partial charge in [-0.1, -0.05) is 17.7 Å². The smallest absolute Gasteiger partial charge is 0.319 e. The van der Waals surface area contributed by atoms with Crippen LogP contribution in [0.2, 0.25) is 5.02 Å². The lowest BCUT2D eigenvalue weighted by atomic mass is 9.95. The molecule has 6 heterocycles. The Morgan fingerprint density at radius 3 is 2.82 bits per heavy atom. The number of nitrogens with one attached hydrogen (secondary N) is 1. The van der Waals surface area contributed by atoms with Crippen LogP contribution in [0.4, 0.5) is 24.0 Å². The van der Waals surface area contributed by atoms with Crippen molar-refractivity contribution in [2.24, 2.45) is 5.92 Å². The minimum absolute atomic E-state index is 0.0212. The molecule has 3 N–H and O–H groups in total. The Kier molecular flexibility index (Phi) is 7.81. The highest BCUT2D eigenvalue weighted by Gasteiger charge is 2.53. The molecule has 4 aliphatic heterocycles. The van der Waals surface area contributed by atoms with E-state index in [1.807, 2.05) is 22.8 Å². The molecule has 5 fully saturated rings. The first-order valence-corrected chi connectivity index (χ1v) is 18.7. The minimum atomic E-state index is -0.952. The van der Waals surface area contributed by atoms with Crippen molar-refractivity contribution in [1.29, 1.82) is 5.26 Å². The maximum absolute atomic E-state index is 17.1. The monoisotopic (exact) mass is 736 g/mol. The van der Waals surface area contributed by atoms with Gasteiger partial charge >= 0.3 is 6.01 Å². The molecule has 1 aliphatic carbocycles. The Labute approximate surface area is 301 Å². The van der Waals surface area contributed by atoms with Crippen LogP contribution in [0.3, 0.4) is 0 Å². The number of thiophene rings is 1. The lowest BCUT2D eigenvalue weighted by Gasteiger charge is -2.41. The minimum Gasteiger partial charge on any atom is -0.461 e. The molecule has 51 heavy (non-hydrogen) atoms. The number of carbonyl (C=O) groups excluding carboxylic acids is 1. The molecule has 9 rings (SSSR count). The number of rotatable bonds is 7. The van der Waals surface area contributed by atoms with Crippen LogP contribution in [0.15, 0.2) is 18.2 Å². The number of carbonyl (C=O) groups is 1. The lowest BCUT2D eigenvalue weighted by molar-refractivity contribution is -0.131. The molecule has 4 saturated heterocycles. The Balaban J connectivity index is 1.12. The highest BCUT2D eigenvalue weighted by Crippen LogP contribution is 2.47. The Morgan fingerprint density at radius 1 is 1.24 bits per heavy atom. The molecule has 4 aromatic rings. The summed E-state index contributed by atoms with van der Waals surface area (Å²) in [6.45, 7) is 4.61. The van der Waals surface area contributed by atoms with E-state index in [1.54, 1.807) is 6.07 Å². The number of aromatic nitrogens is 2. The molecule has 266 valence electrons. The van der Waals surface area contributed by atoms with E-state index in [9.17, 15) is 18.8 Å². The van der Waals surface area contributed by atoms with Crippen LogP contribution >= 0.6 is 22.9 Å². The van der Waals surface area contributed by atoms with Crippen LogP contribution in [0.5, 0.6) is 6.01 Å². The van der Waals surface area contributed by atoms with Crippen molar-refractivity contribution in [3.8, 4) is 23.2 Å². The van der Waals surface area contributed by atoms with Gasteiger partial charge in [0, 0.05) is 61.0 Å². The van der Waals surface area contributed by atoms with Gasteiger partial charge in [0.25, 0.3) is 0 Å². The van der Waals surface area contributed by atoms with Crippen LogP contribution in [0.1, 0.15) is 44.6 Å². The van der Waals surface area contributed by atoms with Crippen LogP contribution in [-0.4, -0.2) is 94.8 Å². The molecule has 10 nitrogen and oxygen atoms in total. The van der Waals surface area contributed by atoms with E-state index < -0.39 is 23.3 Å². The van der Waals surface area contributed by atoms with E-state index in [2.05, 4.69) is 15.2 Å². The first kappa shape index (κ1) is 33.0. The number of hydrogen-bond acceptors (Lipinski definition) is 10. The molecule has 1 amide bonds. The van der Waals surface area contributed by atoms with Crippen molar-refractivity contribution in [2.45, 2.75) is 68.9 Å². The van der Waals surface area contributed by atoms with E-state index >= 15 is 4.39 Å². The SMILES string of the molecule is C[C@H]1CN(C(=O)[C@@H]2N[C@H]2C2CC2)CCN1c1nc(OCC23CCCN2C[C@H](F)C3)nc2c(F)c(-c3ccc(F)c4sc(N)c(C#N)c34)c(Cl)cc12. The van der Waals surface area contributed by atoms with Gasteiger partial charge in [-0.2, -0.15) is 15.2 Å². The number of nitrogens with two attached hydrogens (primary N) is 1. The van der Waals surface area contributed by atoms with Crippen LogP contribution in [0, 0.1) is 28.9 Å². The van der Waals surface area contributed by atoms with E-state index in [0.717, 1.165) is 43.6 Å². The molecule has 0 spiro atoms. The molecule has 5 atom stereocenters. The second-order valence-electron chi connectivity index (χ2n) is 14.7. The second-order valence-corrected chi connectivity index (χ2v) is 16.2. The van der Waals surface area contributed by atoms with Gasteiger partial charge in [-0.05, 0) is 62.8 Å². The number of amides is 1. The standard InChI is InChI=1S/C36H36ClF3N8O2S/c1-17-14-46(34(49)30-28(43-30)18-3-4-18)9-10-48(17)33-21-11-23(37)26(20-5-6-24(39)31-25(20)22(13-41)32(42)51-31)27(40)29(21)44-35(45-33)50-16-36-7-2-8-47(36)15-19(38)12-36/h5-6,11,17-19,28,30,43H,2-4,7-10,12,14-16,42H2,1H3/t17-,19+,28-,30+,36?/m0/s1. The van der Waals surface area contributed by atoms with Gasteiger partial charge in [-0.15, -0.1) is 11.3 Å². The predicted octanol–water partition coefficient (Wildman–Crippen LogP) is 5.64. The average molecular weight is 737 g/mol. The number of nitrogens with zero attached hydrogens (tertiary/aromatic N) is 6. The lowest BCUT2D eigenvalue weighted by Crippen LogP contribution is -2.55. The largest absolute Gasteiger partial charge is 0.461 e. The number of fused-ring (bicyclic) bond motifs is 3. The summed E-state index contributed by atoms with van der Waals surface area (Å²) in [5.41, 5.74) is 5.74. The highest BCUT2D eigenvalue weighted by molar-refractivity contribution is 7.23. The van der Waals surface area contributed by atoms with Crippen LogP contribution in [-0.2, 0) is 4.79 Å². The van der Waals surface area contributed by atoms with Gasteiger partial charge < -0.3 is 20.3 Å². The summed E-state index contributed by atoms with van der Waals surface area (Å²) in [5.74, 6) is -0.267. The third-order valence-corrected chi connectivity index (χ3v) is 12.8. The predicted molar refractivity (Wildman–Crippen MR) is 190 cm³/mol. The van der Waals surface area contributed by atoms with Crippen molar-refractivity contribution < 1.29 is 22.7 Å². The summed E-state index contributed by atoms with van der Waals surface area (Å²) in [6.07, 6.45) is 3.43. The number of alkyl halides is 1. The molecule has 5 aliphatic rings. The topological polar surface area (TPSA) is 134 Å². The highest BCUT2D eigenvalue weighted by atomic mass is 35.5. The normalized spacial score (nSPS) is 27.7. The zero-order valence-electron chi connectivity index (χ0n) is 27.9. The second kappa shape index (κ2) is 12.1. The van der Waals surface area contributed by atoms with Gasteiger partial charge in [0.2, 0.25) is 5.91 Å². The van der Waals surface area contributed by atoms with Crippen molar-refractivity contribution in [2.75, 3.05) is 50.0 Å². The molecule has 1 saturated carbocycles. The summed E-state index contributed by atoms with van der Waals surface area (Å²) in [7, 11) is 0. The maximum atomic E-state index is 17.1. The first-order valence-electron chi connectivity index (χ1n) is 17.5. The number of hydrogen-bond donors (Lipinski definition) is 2. The van der Waals surface area contributed by atoms with E-state index in [4.69, 9.17) is 27.1 Å². The number of halogens is 4. The molecule has 0 radical (unpaired) electrons. The maximum Gasteiger partial charge on any atom is 0.319 e. The molecule has 2 aromatic heterocycles. The molecular formula is C36H36ClF3N8O2S. The molecular weight excluding hydrogens is 701 g/mol. The van der Waals surface area contributed by atoms with Gasteiger partial charge in [-0.3, -0.25) is 15.0 Å². The Morgan fingerprint density at radius 2 is 2.06 bits per heavy atom. The van der Waals surface area contributed by atoms with Gasteiger partial charge in [-0.25, -0.2) is 13.2 Å². The summed E-state index contributed by atoms with van der Waals surface area (Å²) in [4.78, 5) is 28.8. The van der Waals surface area contributed by atoms with Gasteiger partial charge in [0.05, 0.1) is 20.8 Å². The molecule has 1 unspecified atom stereocenters. The van der Waals surface area contributed by atoms with Gasteiger partial charge in [0.15, 0.2) is 5.82 Å².